The van der Waals surface area contributed by atoms with Gasteiger partial charge in [0.1, 0.15) is 5.82 Å². The van der Waals surface area contributed by atoms with Crippen molar-refractivity contribution in [3.63, 3.8) is 0 Å². The summed E-state index contributed by atoms with van der Waals surface area (Å²) in [4.78, 5) is 20.7. The highest BCUT2D eigenvalue weighted by Crippen LogP contribution is 2.47. The van der Waals surface area contributed by atoms with E-state index in [9.17, 15) is 9.18 Å². The minimum atomic E-state index is -0.412. The Morgan fingerprint density at radius 1 is 0.897 bits per heavy atom. The van der Waals surface area contributed by atoms with Gasteiger partial charge in [-0.1, -0.05) is 42.5 Å². The zero-order valence-corrected chi connectivity index (χ0v) is 15.6. The van der Waals surface area contributed by atoms with Crippen LogP contribution >= 0.6 is 0 Å². The maximum absolute atomic E-state index is 14.9. The molecule has 2 aliphatic rings. The fourth-order valence-corrected chi connectivity index (χ4v) is 4.76. The van der Waals surface area contributed by atoms with E-state index in [-0.39, 0.29) is 11.7 Å². The average Bonchev–Trinajstić information content (AvgIpc) is 3.14. The predicted octanol–water partition coefficient (Wildman–Crippen LogP) is 5.16. The van der Waals surface area contributed by atoms with Crippen LogP contribution < -0.4 is 4.90 Å². The van der Waals surface area contributed by atoms with E-state index >= 15 is 0 Å². The SMILES string of the molecule is O=C1c2ccccc2N(c2ccccc2F)C2c3[nH]c4ccccc4c3CCN12. The first kappa shape index (κ1) is 16.4. The molecule has 0 bridgehead atoms. The maximum atomic E-state index is 14.9. The van der Waals surface area contributed by atoms with Crippen LogP contribution in [-0.2, 0) is 6.42 Å². The molecule has 0 spiro atoms. The Morgan fingerprint density at radius 3 is 2.48 bits per heavy atom. The van der Waals surface area contributed by atoms with Crippen LogP contribution in [0.2, 0.25) is 0 Å². The van der Waals surface area contributed by atoms with Gasteiger partial charge in [-0.25, -0.2) is 4.39 Å². The van der Waals surface area contributed by atoms with Crippen molar-refractivity contribution in [1.29, 1.82) is 0 Å². The van der Waals surface area contributed by atoms with Crippen LogP contribution in [0.5, 0.6) is 0 Å². The van der Waals surface area contributed by atoms with Gasteiger partial charge in [-0.05, 0) is 42.3 Å². The van der Waals surface area contributed by atoms with Gasteiger partial charge in [-0.2, -0.15) is 0 Å². The number of amides is 1. The standard InChI is InChI=1S/C24H18FN3O/c25-18-9-3-6-12-21(18)28-20-11-5-2-8-17(20)24(29)27-14-13-16-15-7-1-4-10-19(15)26-22(16)23(27)28/h1-12,23,26H,13-14H2. The van der Waals surface area contributed by atoms with Crippen LogP contribution in [0.3, 0.4) is 0 Å². The number of nitrogens with one attached hydrogen (secondary N) is 1. The normalized spacial score (nSPS) is 17.8. The Kier molecular flexibility index (Phi) is 3.36. The van der Waals surface area contributed by atoms with Crippen molar-refractivity contribution in [2.24, 2.45) is 0 Å². The molecule has 142 valence electrons. The molecule has 6 rings (SSSR count). The van der Waals surface area contributed by atoms with E-state index in [0.717, 1.165) is 23.3 Å². The van der Waals surface area contributed by atoms with Gasteiger partial charge in [0.15, 0.2) is 6.17 Å². The largest absolute Gasteiger partial charge is 0.355 e. The Hall–Kier alpha value is -3.60. The first-order valence-electron chi connectivity index (χ1n) is 9.77. The topological polar surface area (TPSA) is 39.3 Å². The first-order chi connectivity index (χ1) is 14.2. The van der Waals surface area contributed by atoms with Crippen molar-refractivity contribution in [2.75, 3.05) is 11.4 Å². The van der Waals surface area contributed by atoms with Crippen molar-refractivity contribution in [2.45, 2.75) is 12.6 Å². The summed E-state index contributed by atoms with van der Waals surface area (Å²) in [7, 11) is 0. The number of hydrogen-bond acceptors (Lipinski definition) is 2. The third-order valence-electron chi connectivity index (χ3n) is 6.01. The third kappa shape index (κ3) is 2.21. The summed E-state index contributed by atoms with van der Waals surface area (Å²) >= 11 is 0. The van der Waals surface area contributed by atoms with Crippen LogP contribution in [0, 0.1) is 5.82 Å². The predicted molar refractivity (Wildman–Crippen MR) is 111 cm³/mol. The summed E-state index contributed by atoms with van der Waals surface area (Å²) in [5, 5.41) is 1.17. The summed E-state index contributed by atoms with van der Waals surface area (Å²) in [6.45, 7) is 0.595. The molecule has 2 aliphatic heterocycles. The lowest BCUT2D eigenvalue weighted by Gasteiger charge is -2.47. The Bertz CT molecular complexity index is 1280. The lowest BCUT2D eigenvalue weighted by molar-refractivity contribution is 0.0641. The van der Waals surface area contributed by atoms with Crippen LogP contribution in [0.4, 0.5) is 15.8 Å². The molecule has 3 aromatic carbocycles. The van der Waals surface area contributed by atoms with Gasteiger partial charge < -0.3 is 14.8 Å². The molecule has 5 heteroatoms. The molecule has 0 fully saturated rings. The molecule has 1 unspecified atom stereocenters. The fourth-order valence-electron chi connectivity index (χ4n) is 4.76. The molecule has 1 N–H and O–H groups in total. The Balaban J connectivity index is 1.66. The minimum Gasteiger partial charge on any atom is -0.355 e. The van der Waals surface area contributed by atoms with E-state index in [1.165, 1.54) is 17.0 Å². The molecular formula is C24H18FN3O. The molecule has 4 aromatic rings. The molecule has 1 atom stereocenters. The maximum Gasteiger partial charge on any atom is 0.257 e. The lowest BCUT2D eigenvalue weighted by Crippen LogP contribution is -2.50. The van der Waals surface area contributed by atoms with Crippen LogP contribution in [0.25, 0.3) is 10.9 Å². The zero-order valence-electron chi connectivity index (χ0n) is 15.6. The second-order valence-corrected chi connectivity index (χ2v) is 7.52. The number of carbonyl (C=O) groups excluding carboxylic acids is 1. The van der Waals surface area contributed by atoms with E-state index in [1.54, 1.807) is 12.1 Å². The van der Waals surface area contributed by atoms with E-state index in [2.05, 4.69) is 11.1 Å². The van der Waals surface area contributed by atoms with Gasteiger partial charge in [0.05, 0.1) is 22.6 Å². The summed E-state index contributed by atoms with van der Waals surface area (Å²) in [5.74, 6) is -0.317. The summed E-state index contributed by atoms with van der Waals surface area (Å²) in [6, 6.07) is 22.4. The van der Waals surface area contributed by atoms with Crippen LogP contribution in [0.1, 0.15) is 27.8 Å². The monoisotopic (exact) mass is 383 g/mol. The number of para-hydroxylation sites is 3. The number of carbonyl (C=O) groups is 1. The van der Waals surface area contributed by atoms with E-state index < -0.39 is 6.17 Å². The molecule has 0 saturated carbocycles. The molecule has 0 aliphatic carbocycles. The van der Waals surface area contributed by atoms with Gasteiger partial charge in [0.2, 0.25) is 0 Å². The fraction of sp³-hybridized carbons (Fsp3) is 0.125. The zero-order chi connectivity index (χ0) is 19.5. The number of hydrogen-bond donors (Lipinski definition) is 1. The number of fused-ring (bicyclic) bond motifs is 6. The molecule has 0 radical (unpaired) electrons. The second kappa shape index (κ2) is 5.95. The number of rotatable bonds is 1. The van der Waals surface area contributed by atoms with Crippen molar-refractivity contribution < 1.29 is 9.18 Å². The number of aromatic amines is 1. The second-order valence-electron chi connectivity index (χ2n) is 7.52. The van der Waals surface area contributed by atoms with E-state index in [1.807, 2.05) is 58.3 Å². The number of halogens is 1. The highest BCUT2D eigenvalue weighted by atomic mass is 19.1. The van der Waals surface area contributed by atoms with Crippen molar-refractivity contribution in [1.82, 2.24) is 9.88 Å². The van der Waals surface area contributed by atoms with Crippen LogP contribution in [0.15, 0.2) is 72.8 Å². The number of aromatic nitrogens is 1. The highest BCUT2D eigenvalue weighted by molar-refractivity contribution is 6.04. The number of H-pyrrole nitrogens is 1. The molecule has 3 heterocycles. The van der Waals surface area contributed by atoms with Crippen molar-refractivity contribution in [3.05, 3.63) is 95.4 Å². The van der Waals surface area contributed by atoms with Gasteiger partial charge in [0.25, 0.3) is 5.91 Å². The van der Waals surface area contributed by atoms with Gasteiger partial charge in [-0.15, -0.1) is 0 Å². The smallest absolute Gasteiger partial charge is 0.257 e. The Morgan fingerprint density at radius 2 is 1.62 bits per heavy atom. The molecule has 1 aromatic heterocycles. The summed E-state index contributed by atoms with van der Waals surface area (Å²) in [5.41, 5.74) is 5.01. The van der Waals surface area contributed by atoms with E-state index in [0.29, 0.717) is 17.8 Å². The number of benzene rings is 3. The van der Waals surface area contributed by atoms with Gasteiger partial charge >= 0.3 is 0 Å². The lowest BCUT2D eigenvalue weighted by atomic mass is 9.95. The number of nitrogens with zero attached hydrogens (tertiary/aromatic N) is 2. The quantitative estimate of drug-likeness (QED) is 0.493. The molecule has 1 amide bonds. The van der Waals surface area contributed by atoms with E-state index in [4.69, 9.17) is 0 Å². The molecule has 4 nitrogen and oxygen atoms in total. The molecular weight excluding hydrogens is 365 g/mol. The molecule has 29 heavy (non-hydrogen) atoms. The van der Waals surface area contributed by atoms with Crippen molar-refractivity contribution in [3.8, 4) is 0 Å². The minimum absolute atomic E-state index is 0.0116. The van der Waals surface area contributed by atoms with Crippen LogP contribution in [-0.4, -0.2) is 22.3 Å². The first-order valence-corrected chi connectivity index (χ1v) is 9.77. The summed E-state index contributed by atoms with van der Waals surface area (Å²) < 4.78 is 14.9. The Labute approximate surface area is 167 Å². The third-order valence-corrected chi connectivity index (χ3v) is 6.01. The highest BCUT2D eigenvalue weighted by Gasteiger charge is 2.44. The van der Waals surface area contributed by atoms with Gasteiger partial charge in [-0.3, -0.25) is 4.79 Å². The number of anilines is 2. The van der Waals surface area contributed by atoms with Crippen molar-refractivity contribution >= 4 is 28.2 Å². The molecule has 0 saturated heterocycles. The summed E-state index contributed by atoms with van der Waals surface area (Å²) in [6.07, 6.45) is 0.361. The van der Waals surface area contributed by atoms with Gasteiger partial charge in [0, 0.05) is 17.4 Å². The average molecular weight is 383 g/mol.